The lowest BCUT2D eigenvalue weighted by Crippen LogP contribution is -1.82. The van der Waals surface area contributed by atoms with Gasteiger partial charge in [-0.1, -0.05) is 54.6 Å². The fourth-order valence-electron chi connectivity index (χ4n) is 1.81. The summed E-state index contributed by atoms with van der Waals surface area (Å²) in [6.45, 7) is 4.23. The van der Waals surface area contributed by atoms with Gasteiger partial charge in [-0.2, -0.15) is 0 Å². The zero-order valence-electron chi connectivity index (χ0n) is 10.3. The molecular weight excluding hydrogens is 204 g/mol. The molecule has 17 heavy (non-hydrogen) atoms. The molecule has 0 saturated carbocycles. The largest absolute Gasteiger partial charge is 0.116 e. The molecule has 0 atom stereocenters. The van der Waals surface area contributed by atoms with E-state index in [-0.39, 0.29) is 0 Å². The topological polar surface area (TPSA) is 0 Å². The molecule has 0 heterocycles. The predicted octanol–water partition coefficient (Wildman–Crippen LogP) is 4.71. The lowest BCUT2D eigenvalue weighted by molar-refractivity contribution is 1.41. The van der Waals surface area contributed by atoms with E-state index in [1.807, 2.05) is 24.3 Å². The van der Waals surface area contributed by atoms with E-state index in [0.717, 1.165) is 0 Å². The molecule has 0 saturated heterocycles. The van der Waals surface area contributed by atoms with E-state index in [2.05, 4.69) is 56.0 Å². The van der Waals surface area contributed by atoms with Crippen LogP contribution in [0.1, 0.15) is 23.6 Å². The number of aryl methyl sites for hydroxylation is 1. The van der Waals surface area contributed by atoms with E-state index in [1.54, 1.807) is 0 Å². The zero-order valence-corrected chi connectivity index (χ0v) is 10.3. The highest BCUT2D eigenvalue weighted by atomic mass is 14.0. The SMILES string of the molecule is CC(=C=Cc1ccccc1)c1ccccc1C. The minimum absolute atomic E-state index is 1.17. The average molecular weight is 220 g/mol. The third-order valence-electron chi connectivity index (χ3n) is 2.80. The van der Waals surface area contributed by atoms with Crippen molar-refractivity contribution in [3.8, 4) is 0 Å². The van der Waals surface area contributed by atoms with Crippen LogP contribution in [0.2, 0.25) is 0 Å². The number of benzene rings is 2. The van der Waals surface area contributed by atoms with Gasteiger partial charge in [-0.25, -0.2) is 0 Å². The van der Waals surface area contributed by atoms with E-state index in [4.69, 9.17) is 0 Å². The van der Waals surface area contributed by atoms with Crippen LogP contribution in [-0.4, -0.2) is 0 Å². The summed E-state index contributed by atoms with van der Waals surface area (Å²) in [5.41, 5.74) is 8.26. The number of hydrogen-bond donors (Lipinski definition) is 0. The van der Waals surface area contributed by atoms with E-state index in [1.165, 1.54) is 22.3 Å². The molecule has 0 bridgehead atoms. The Labute approximate surface area is 103 Å². The molecule has 0 aromatic heterocycles. The Hall–Kier alpha value is -2.04. The molecule has 0 aliphatic carbocycles. The Morgan fingerprint density at radius 2 is 1.59 bits per heavy atom. The fourth-order valence-corrected chi connectivity index (χ4v) is 1.81. The van der Waals surface area contributed by atoms with Crippen molar-refractivity contribution in [1.29, 1.82) is 0 Å². The van der Waals surface area contributed by atoms with Crippen LogP contribution in [0.5, 0.6) is 0 Å². The maximum atomic E-state index is 3.35. The molecule has 2 aromatic carbocycles. The summed E-state index contributed by atoms with van der Waals surface area (Å²) in [5.74, 6) is 0. The van der Waals surface area contributed by atoms with Gasteiger partial charge in [0.1, 0.15) is 0 Å². The first kappa shape index (κ1) is 11.4. The van der Waals surface area contributed by atoms with Crippen molar-refractivity contribution in [3.63, 3.8) is 0 Å². The third-order valence-corrected chi connectivity index (χ3v) is 2.80. The van der Waals surface area contributed by atoms with Crippen molar-refractivity contribution in [3.05, 3.63) is 77.0 Å². The van der Waals surface area contributed by atoms with Crippen molar-refractivity contribution in [2.24, 2.45) is 0 Å². The molecule has 2 aromatic rings. The van der Waals surface area contributed by atoms with Crippen LogP contribution in [0.4, 0.5) is 0 Å². The Morgan fingerprint density at radius 1 is 0.941 bits per heavy atom. The van der Waals surface area contributed by atoms with Crippen LogP contribution in [0.15, 0.2) is 60.3 Å². The lowest BCUT2D eigenvalue weighted by Gasteiger charge is -2.02. The molecule has 0 aliphatic rings. The monoisotopic (exact) mass is 220 g/mol. The smallest absolute Gasteiger partial charge is 0.00161 e. The maximum absolute atomic E-state index is 3.35. The Morgan fingerprint density at radius 3 is 2.29 bits per heavy atom. The van der Waals surface area contributed by atoms with E-state index in [9.17, 15) is 0 Å². The molecule has 0 N–H and O–H groups in total. The minimum atomic E-state index is 1.17. The van der Waals surface area contributed by atoms with Gasteiger partial charge in [0.25, 0.3) is 0 Å². The van der Waals surface area contributed by atoms with Crippen LogP contribution in [-0.2, 0) is 0 Å². The first-order valence-corrected chi connectivity index (χ1v) is 5.82. The van der Waals surface area contributed by atoms with Gasteiger partial charge < -0.3 is 0 Å². The summed E-state index contributed by atoms with van der Waals surface area (Å²) >= 11 is 0. The van der Waals surface area contributed by atoms with Gasteiger partial charge in [0, 0.05) is 0 Å². The number of rotatable bonds is 2. The molecule has 0 heteroatoms. The summed E-state index contributed by atoms with van der Waals surface area (Å²) in [4.78, 5) is 0. The van der Waals surface area contributed by atoms with E-state index >= 15 is 0 Å². The summed E-state index contributed by atoms with van der Waals surface area (Å²) in [6.07, 6.45) is 2.03. The summed E-state index contributed by atoms with van der Waals surface area (Å²) < 4.78 is 0. The molecule has 0 spiro atoms. The average Bonchev–Trinajstić information content (AvgIpc) is 2.38. The van der Waals surface area contributed by atoms with Gasteiger partial charge in [-0.05, 0) is 42.2 Å². The van der Waals surface area contributed by atoms with Crippen LogP contribution in [0, 0.1) is 6.92 Å². The third kappa shape index (κ3) is 2.96. The molecule has 0 unspecified atom stereocenters. The molecule has 2 rings (SSSR count). The molecule has 0 nitrogen and oxygen atoms in total. The van der Waals surface area contributed by atoms with Crippen molar-refractivity contribution in [2.45, 2.75) is 13.8 Å². The predicted molar refractivity (Wildman–Crippen MR) is 74.7 cm³/mol. The van der Waals surface area contributed by atoms with Crippen LogP contribution < -0.4 is 0 Å². The molecule has 84 valence electrons. The second kappa shape index (κ2) is 5.34. The molecule has 0 amide bonds. The Balaban J connectivity index is 2.35. The lowest BCUT2D eigenvalue weighted by atomic mass is 10.0. The number of hydrogen-bond acceptors (Lipinski definition) is 0. The van der Waals surface area contributed by atoms with Crippen LogP contribution in [0.25, 0.3) is 11.6 Å². The Kier molecular flexibility index (Phi) is 3.59. The van der Waals surface area contributed by atoms with Gasteiger partial charge in [-0.3, -0.25) is 0 Å². The quantitative estimate of drug-likeness (QED) is 0.643. The van der Waals surface area contributed by atoms with Gasteiger partial charge in [0.2, 0.25) is 0 Å². The first-order chi connectivity index (χ1) is 8.27. The van der Waals surface area contributed by atoms with Gasteiger partial charge in [0.15, 0.2) is 0 Å². The maximum Gasteiger partial charge on any atom is -0.00161 e. The highest BCUT2D eigenvalue weighted by Gasteiger charge is 1.97. The molecule has 0 radical (unpaired) electrons. The molecular formula is C17H16. The first-order valence-electron chi connectivity index (χ1n) is 5.82. The number of allylic oxidation sites excluding steroid dienone is 1. The van der Waals surface area contributed by atoms with E-state index in [0.29, 0.717) is 0 Å². The van der Waals surface area contributed by atoms with Gasteiger partial charge in [-0.15, -0.1) is 5.73 Å². The summed E-state index contributed by atoms with van der Waals surface area (Å²) in [6, 6.07) is 18.7. The van der Waals surface area contributed by atoms with Crippen molar-refractivity contribution < 1.29 is 0 Å². The molecule has 0 fully saturated rings. The second-order valence-corrected chi connectivity index (χ2v) is 4.14. The fraction of sp³-hybridized carbons (Fsp3) is 0.118. The highest BCUT2D eigenvalue weighted by molar-refractivity contribution is 5.69. The molecule has 0 aliphatic heterocycles. The summed E-state index contributed by atoms with van der Waals surface area (Å²) in [7, 11) is 0. The zero-order chi connectivity index (χ0) is 12.1. The highest BCUT2D eigenvalue weighted by Crippen LogP contribution is 2.17. The second-order valence-electron chi connectivity index (χ2n) is 4.14. The van der Waals surface area contributed by atoms with Crippen LogP contribution >= 0.6 is 0 Å². The van der Waals surface area contributed by atoms with Gasteiger partial charge >= 0.3 is 0 Å². The normalized spacial score (nSPS) is 9.53. The van der Waals surface area contributed by atoms with Crippen molar-refractivity contribution in [1.82, 2.24) is 0 Å². The van der Waals surface area contributed by atoms with Crippen molar-refractivity contribution >= 4 is 11.6 Å². The summed E-state index contributed by atoms with van der Waals surface area (Å²) in [5, 5.41) is 0. The van der Waals surface area contributed by atoms with Gasteiger partial charge in [0.05, 0.1) is 0 Å². The van der Waals surface area contributed by atoms with Crippen molar-refractivity contribution in [2.75, 3.05) is 0 Å². The minimum Gasteiger partial charge on any atom is -0.116 e. The van der Waals surface area contributed by atoms with Crippen LogP contribution in [0.3, 0.4) is 0 Å². The standard InChI is InChI=1S/C17H16/c1-14-8-6-7-11-17(14)15(2)12-13-16-9-4-3-5-10-16/h3-11,13H,1-2H3. The Bertz CT molecular complexity index is 556. The van der Waals surface area contributed by atoms with E-state index < -0.39 is 0 Å².